The van der Waals surface area contributed by atoms with Crippen molar-refractivity contribution < 1.29 is 21.9 Å². The highest BCUT2D eigenvalue weighted by molar-refractivity contribution is 7.80. The van der Waals surface area contributed by atoms with Crippen molar-refractivity contribution in [2.45, 2.75) is 117 Å². The topological polar surface area (TPSA) is 76.1 Å². The normalized spacial score (nSPS) is 49.7. The molecule has 5 fully saturated rings. The Hall–Kier alpha value is -0.170. The van der Waals surface area contributed by atoms with Gasteiger partial charge in [0.05, 0.1) is 0 Å². The van der Waals surface area contributed by atoms with Crippen LogP contribution in [0.25, 0.3) is 0 Å². The zero-order valence-corrected chi connectivity index (χ0v) is 22.2. The number of epoxide rings is 1. The molecule has 5 nitrogen and oxygen atoms in total. The summed E-state index contributed by atoms with van der Waals surface area (Å²) in [6.45, 7) is 12.3. The van der Waals surface area contributed by atoms with Crippen molar-refractivity contribution in [3.63, 3.8) is 0 Å². The highest BCUT2D eigenvalue weighted by Crippen LogP contribution is 2.71. The van der Waals surface area contributed by atoms with Gasteiger partial charge < -0.3 is 4.74 Å². The van der Waals surface area contributed by atoms with Gasteiger partial charge in [-0.25, -0.2) is 4.18 Å². The number of hydrogen-bond acceptors (Lipinski definition) is 4. The van der Waals surface area contributed by atoms with Crippen molar-refractivity contribution >= 4 is 10.4 Å². The fraction of sp³-hybridized carbons (Fsp3) is 1.00. The Morgan fingerprint density at radius 1 is 0.970 bits per heavy atom. The first kappa shape index (κ1) is 24.5. The predicted molar refractivity (Wildman–Crippen MR) is 129 cm³/mol. The fourth-order valence-corrected chi connectivity index (χ4v) is 10.4. The molecular weight excluding hydrogens is 436 g/mol. The Morgan fingerprint density at radius 3 is 2.39 bits per heavy atom. The van der Waals surface area contributed by atoms with E-state index < -0.39 is 16.2 Å². The lowest BCUT2D eigenvalue weighted by atomic mass is 9.44. The van der Waals surface area contributed by atoms with Crippen LogP contribution in [0, 0.1) is 52.3 Å². The van der Waals surface area contributed by atoms with Crippen molar-refractivity contribution in [2.75, 3.05) is 0 Å². The van der Waals surface area contributed by atoms with Crippen LogP contribution in [0.15, 0.2) is 0 Å². The second-order valence-electron chi connectivity index (χ2n) is 13.5. The van der Waals surface area contributed by atoms with E-state index in [4.69, 9.17) is 8.92 Å². The third-order valence-electron chi connectivity index (χ3n) is 11.4. The molecule has 0 spiro atoms. The van der Waals surface area contributed by atoms with E-state index in [2.05, 4.69) is 34.6 Å². The molecule has 0 bridgehead atoms. The van der Waals surface area contributed by atoms with E-state index in [0.717, 1.165) is 42.4 Å². The van der Waals surface area contributed by atoms with Gasteiger partial charge in [-0.1, -0.05) is 53.9 Å². The molecule has 0 amide bonds. The van der Waals surface area contributed by atoms with Crippen LogP contribution >= 0.6 is 0 Å². The minimum absolute atomic E-state index is 0.190. The summed E-state index contributed by atoms with van der Waals surface area (Å²) in [6, 6.07) is 0. The molecule has 4 aliphatic carbocycles. The molecule has 1 saturated heterocycles. The number of rotatable bonds is 7. The van der Waals surface area contributed by atoms with Gasteiger partial charge in [-0.15, -0.1) is 0 Å². The highest BCUT2D eigenvalue weighted by Gasteiger charge is 2.71. The van der Waals surface area contributed by atoms with E-state index >= 15 is 0 Å². The maximum Gasteiger partial charge on any atom is 0.400 e. The molecule has 1 heterocycles. The molecule has 1 N–H and O–H groups in total. The van der Waals surface area contributed by atoms with E-state index in [1.54, 1.807) is 0 Å². The quantitative estimate of drug-likeness (QED) is 0.325. The maximum absolute atomic E-state index is 11.4. The monoisotopic (exact) mass is 482 g/mol. The molecule has 3 unspecified atom stereocenters. The minimum Gasteiger partial charge on any atom is -0.337 e. The third kappa shape index (κ3) is 4.13. The largest absolute Gasteiger partial charge is 0.400 e. The molecule has 10 atom stereocenters. The maximum atomic E-state index is 11.4. The summed E-state index contributed by atoms with van der Waals surface area (Å²) in [6.07, 6.45) is 13.2. The van der Waals surface area contributed by atoms with Crippen LogP contribution in [0.4, 0.5) is 0 Å². The van der Waals surface area contributed by atoms with Crippen molar-refractivity contribution in [3.05, 3.63) is 0 Å². The zero-order chi connectivity index (χ0) is 23.8. The van der Waals surface area contributed by atoms with Crippen molar-refractivity contribution in [3.8, 4) is 0 Å². The van der Waals surface area contributed by atoms with Crippen LogP contribution in [-0.4, -0.2) is 24.9 Å². The van der Waals surface area contributed by atoms with Crippen LogP contribution in [-0.2, 0) is 19.3 Å². The molecule has 5 rings (SSSR count). The van der Waals surface area contributed by atoms with Crippen LogP contribution in [0.1, 0.15) is 105 Å². The standard InChI is InChI=1S/C27H46O5S/c1-17(2)7-6-8-18(3)21-11-12-22-20-10-9-19-15-27(32-33(28,29)30)24(31-27)16-26(19,5)23(20)13-14-25(21,22)4/h17-24H,6-16H2,1-5H3,(H,28,29,30)/t18-,19?,20+,21-,22+,23+,24?,25-,26+,27?/m1/s1. The Morgan fingerprint density at radius 2 is 1.70 bits per heavy atom. The molecule has 0 aromatic heterocycles. The summed E-state index contributed by atoms with van der Waals surface area (Å²) >= 11 is 0. The van der Waals surface area contributed by atoms with Gasteiger partial charge in [-0.3, -0.25) is 4.55 Å². The molecule has 0 radical (unpaired) electrons. The summed E-state index contributed by atoms with van der Waals surface area (Å²) in [5.41, 5.74) is 0.683. The summed E-state index contributed by atoms with van der Waals surface area (Å²) in [5.74, 6) is 4.18. The second kappa shape index (κ2) is 8.18. The van der Waals surface area contributed by atoms with Crippen LogP contribution in [0.3, 0.4) is 0 Å². The van der Waals surface area contributed by atoms with Gasteiger partial charge in [-0.05, 0) is 97.2 Å². The Balaban J connectivity index is 1.29. The first-order chi connectivity index (χ1) is 15.4. The summed E-state index contributed by atoms with van der Waals surface area (Å²) in [4.78, 5) is 0. The highest BCUT2D eigenvalue weighted by atomic mass is 32.3. The van der Waals surface area contributed by atoms with Crippen molar-refractivity contribution in [2.24, 2.45) is 52.3 Å². The third-order valence-corrected chi connectivity index (χ3v) is 11.9. The molecule has 4 saturated carbocycles. The van der Waals surface area contributed by atoms with E-state index in [9.17, 15) is 13.0 Å². The molecule has 33 heavy (non-hydrogen) atoms. The Kier molecular flexibility index (Phi) is 6.08. The van der Waals surface area contributed by atoms with E-state index in [1.165, 1.54) is 51.4 Å². The molecule has 0 aromatic rings. The van der Waals surface area contributed by atoms with Crippen molar-refractivity contribution in [1.82, 2.24) is 0 Å². The SMILES string of the molecule is CC(C)CCC[C@@H](C)[C@H]1CC[C@H]2[C@@H]3CCC4CC5(OS(=O)(=O)O)OC5C[C@]4(C)[C@H]3CC[C@]12C. The zero-order valence-electron chi connectivity index (χ0n) is 21.4. The molecule has 190 valence electrons. The first-order valence-corrected chi connectivity index (χ1v) is 15.1. The lowest BCUT2D eigenvalue weighted by Crippen LogP contribution is -2.55. The smallest absolute Gasteiger partial charge is 0.337 e. The lowest BCUT2D eigenvalue weighted by Gasteiger charge is -2.60. The molecule has 1 aliphatic heterocycles. The minimum atomic E-state index is -4.49. The predicted octanol–water partition coefficient (Wildman–Crippen LogP) is 6.63. The number of hydrogen-bond donors (Lipinski definition) is 1. The number of fused-ring (bicyclic) bond motifs is 6. The Bertz CT molecular complexity index is 857. The van der Waals surface area contributed by atoms with Gasteiger partial charge in [0.1, 0.15) is 6.10 Å². The van der Waals surface area contributed by atoms with Crippen LogP contribution < -0.4 is 0 Å². The second-order valence-corrected chi connectivity index (χ2v) is 14.5. The van der Waals surface area contributed by atoms with E-state index in [0.29, 0.717) is 23.7 Å². The molecule has 5 aliphatic rings. The first-order valence-electron chi connectivity index (χ1n) is 13.7. The summed E-state index contributed by atoms with van der Waals surface area (Å²) in [5, 5.41) is 0. The van der Waals surface area contributed by atoms with Crippen LogP contribution in [0.5, 0.6) is 0 Å². The Labute approximate surface area is 201 Å². The van der Waals surface area contributed by atoms with Gasteiger partial charge in [0.15, 0.2) is 0 Å². The average Bonchev–Trinajstić information content (AvgIpc) is 3.21. The molecule has 0 aromatic carbocycles. The average molecular weight is 483 g/mol. The lowest BCUT2D eigenvalue weighted by molar-refractivity contribution is -0.125. The van der Waals surface area contributed by atoms with Gasteiger partial charge in [0.2, 0.25) is 5.79 Å². The summed E-state index contributed by atoms with van der Waals surface area (Å²) in [7, 11) is -4.49. The number of ether oxygens (including phenoxy) is 1. The fourth-order valence-electron chi connectivity index (χ4n) is 9.82. The van der Waals surface area contributed by atoms with Crippen molar-refractivity contribution in [1.29, 1.82) is 0 Å². The van der Waals surface area contributed by atoms with Gasteiger partial charge in [0, 0.05) is 6.42 Å². The van der Waals surface area contributed by atoms with Crippen LogP contribution in [0.2, 0.25) is 0 Å². The van der Waals surface area contributed by atoms with E-state index in [-0.39, 0.29) is 11.5 Å². The molecular formula is C27H46O5S. The van der Waals surface area contributed by atoms with Gasteiger partial charge in [-0.2, -0.15) is 8.42 Å². The van der Waals surface area contributed by atoms with Gasteiger partial charge >= 0.3 is 10.4 Å². The summed E-state index contributed by atoms with van der Waals surface area (Å²) < 4.78 is 42.9. The molecule has 6 heteroatoms. The van der Waals surface area contributed by atoms with Gasteiger partial charge in [0.25, 0.3) is 0 Å². The van der Waals surface area contributed by atoms with E-state index in [1.807, 2.05) is 0 Å².